The molecule has 0 radical (unpaired) electrons. The van der Waals surface area contributed by atoms with Gasteiger partial charge in [0.1, 0.15) is 17.1 Å². The molecule has 1 atom stereocenters. The maximum atomic E-state index is 11.9. The monoisotopic (exact) mass is 328 g/mol. The molecule has 0 spiro atoms. The highest BCUT2D eigenvalue weighted by molar-refractivity contribution is 7.00. The number of carboxylic acids is 1. The molecule has 2 amide bonds. The molecule has 2 aromatic rings. The van der Waals surface area contributed by atoms with Crippen LogP contribution in [0.2, 0.25) is 5.02 Å². The van der Waals surface area contributed by atoms with Gasteiger partial charge in [0.2, 0.25) is 0 Å². The Morgan fingerprint density at radius 1 is 1.43 bits per heavy atom. The number of aromatic nitrogens is 2. The average Bonchev–Trinajstić information content (AvgIpc) is 2.90. The van der Waals surface area contributed by atoms with E-state index in [2.05, 4.69) is 19.4 Å². The number of nitrogens with zero attached hydrogens (tertiary/aromatic N) is 2. The summed E-state index contributed by atoms with van der Waals surface area (Å²) in [6.07, 6.45) is 0.989. The molecule has 21 heavy (non-hydrogen) atoms. The molecule has 1 unspecified atom stereocenters. The number of amides is 2. The smallest absolute Gasteiger partial charge is 0.326 e. The van der Waals surface area contributed by atoms with E-state index in [1.54, 1.807) is 12.1 Å². The highest BCUT2D eigenvalue weighted by Gasteiger charge is 2.20. The van der Waals surface area contributed by atoms with Gasteiger partial charge in [0.05, 0.1) is 22.4 Å². The third-order valence-corrected chi connectivity index (χ3v) is 3.65. The molecular formula is C12H13ClN4O3S. The van der Waals surface area contributed by atoms with Gasteiger partial charge in [0.15, 0.2) is 0 Å². The molecule has 112 valence electrons. The molecule has 0 aliphatic heterocycles. The minimum Gasteiger partial charge on any atom is -0.480 e. The van der Waals surface area contributed by atoms with E-state index in [0.29, 0.717) is 34.6 Å². The van der Waals surface area contributed by atoms with E-state index in [-0.39, 0.29) is 0 Å². The number of carboxylic acid groups (broad SMARTS) is 1. The van der Waals surface area contributed by atoms with Gasteiger partial charge < -0.3 is 15.7 Å². The molecular weight excluding hydrogens is 316 g/mol. The van der Waals surface area contributed by atoms with Gasteiger partial charge in [-0.25, -0.2) is 9.59 Å². The largest absolute Gasteiger partial charge is 0.480 e. The van der Waals surface area contributed by atoms with Crippen LogP contribution in [0.5, 0.6) is 0 Å². The Balaban J connectivity index is 2.16. The van der Waals surface area contributed by atoms with Crippen LogP contribution in [0.15, 0.2) is 12.1 Å². The third-order valence-electron chi connectivity index (χ3n) is 2.80. The van der Waals surface area contributed by atoms with Crippen LogP contribution in [-0.2, 0) is 4.79 Å². The van der Waals surface area contributed by atoms with Crippen LogP contribution in [-0.4, -0.2) is 31.9 Å². The average molecular weight is 329 g/mol. The molecule has 0 aliphatic rings. The first-order chi connectivity index (χ1) is 10.0. The van der Waals surface area contributed by atoms with Crippen molar-refractivity contribution in [2.75, 3.05) is 5.32 Å². The van der Waals surface area contributed by atoms with Crippen molar-refractivity contribution in [1.82, 2.24) is 14.1 Å². The number of carbonyl (C=O) groups excluding carboxylic acids is 1. The number of carbonyl (C=O) groups is 2. The van der Waals surface area contributed by atoms with Gasteiger partial charge in [-0.1, -0.05) is 24.9 Å². The molecule has 1 heterocycles. The first-order valence-electron chi connectivity index (χ1n) is 6.24. The van der Waals surface area contributed by atoms with Gasteiger partial charge >= 0.3 is 12.0 Å². The zero-order chi connectivity index (χ0) is 15.4. The maximum absolute atomic E-state index is 11.9. The van der Waals surface area contributed by atoms with Crippen molar-refractivity contribution < 1.29 is 14.7 Å². The van der Waals surface area contributed by atoms with Crippen LogP contribution in [0.3, 0.4) is 0 Å². The number of anilines is 1. The summed E-state index contributed by atoms with van der Waals surface area (Å²) in [6.45, 7) is 1.84. The predicted molar refractivity (Wildman–Crippen MR) is 80.9 cm³/mol. The molecule has 0 bridgehead atoms. The van der Waals surface area contributed by atoms with E-state index >= 15 is 0 Å². The van der Waals surface area contributed by atoms with Crippen molar-refractivity contribution in [1.29, 1.82) is 0 Å². The Bertz CT molecular complexity index is 676. The fourth-order valence-corrected chi connectivity index (χ4v) is 2.54. The van der Waals surface area contributed by atoms with Gasteiger partial charge in [-0.05, 0) is 18.6 Å². The summed E-state index contributed by atoms with van der Waals surface area (Å²) >= 11 is 7.05. The highest BCUT2D eigenvalue weighted by atomic mass is 35.5. The van der Waals surface area contributed by atoms with Crippen molar-refractivity contribution in [2.24, 2.45) is 0 Å². The summed E-state index contributed by atoms with van der Waals surface area (Å²) in [6, 6.07) is 1.71. The number of hydrogen-bond acceptors (Lipinski definition) is 5. The minimum absolute atomic E-state index is 0.313. The second kappa shape index (κ2) is 6.68. The summed E-state index contributed by atoms with van der Waals surface area (Å²) in [5.41, 5.74) is 1.41. The lowest BCUT2D eigenvalue weighted by Gasteiger charge is -2.14. The van der Waals surface area contributed by atoms with Gasteiger partial charge in [0.25, 0.3) is 0 Å². The van der Waals surface area contributed by atoms with E-state index < -0.39 is 18.0 Å². The molecule has 7 nitrogen and oxygen atoms in total. The molecule has 0 aliphatic carbocycles. The van der Waals surface area contributed by atoms with E-state index in [9.17, 15) is 9.59 Å². The molecule has 1 aromatic heterocycles. The summed E-state index contributed by atoms with van der Waals surface area (Å²) in [4.78, 5) is 23.0. The van der Waals surface area contributed by atoms with Crippen molar-refractivity contribution in [3.8, 4) is 0 Å². The summed E-state index contributed by atoms with van der Waals surface area (Å²) in [7, 11) is 0. The van der Waals surface area contributed by atoms with E-state index in [0.717, 1.165) is 11.7 Å². The van der Waals surface area contributed by atoms with Crippen LogP contribution in [0.4, 0.5) is 10.5 Å². The Morgan fingerprint density at radius 3 is 2.86 bits per heavy atom. The fraction of sp³-hybridized carbons (Fsp3) is 0.333. The van der Waals surface area contributed by atoms with Crippen molar-refractivity contribution in [3.05, 3.63) is 17.2 Å². The molecule has 3 N–H and O–H groups in total. The summed E-state index contributed by atoms with van der Waals surface area (Å²) in [5.74, 6) is -1.08. The molecule has 0 saturated carbocycles. The molecule has 0 saturated heterocycles. The van der Waals surface area contributed by atoms with Crippen molar-refractivity contribution in [3.63, 3.8) is 0 Å². The predicted octanol–water partition coefficient (Wildman–Crippen LogP) is 2.72. The number of fused-ring (bicyclic) bond motifs is 1. The zero-order valence-electron chi connectivity index (χ0n) is 11.1. The van der Waals surface area contributed by atoms with Gasteiger partial charge in [0, 0.05) is 0 Å². The first-order valence-corrected chi connectivity index (χ1v) is 7.34. The normalized spacial score (nSPS) is 12.1. The first kappa shape index (κ1) is 15.5. The van der Waals surface area contributed by atoms with Gasteiger partial charge in [-0.2, -0.15) is 8.75 Å². The van der Waals surface area contributed by atoms with E-state index in [1.165, 1.54) is 0 Å². The summed E-state index contributed by atoms with van der Waals surface area (Å²) in [5, 5.41) is 14.3. The Hall–Kier alpha value is -1.93. The van der Waals surface area contributed by atoms with E-state index in [4.69, 9.17) is 16.7 Å². The third kappa shape index (κ3) is 3.59. The fourth-order valence-electron chi connectivity index (χ4n) is 1.80. The standard InChI is InChI=1S/C12H13ClN4O3S/c1-2-3-8(11(18)19)14-12(20)15-9-6(13)4-5-7-10(9)17-21-16-7/h4-5,8H,2-3H2,1H3,(H,18,19)(H2,14,15,20). The van der Waals surface area contributed by atoms with Crippen LogP contribution in [0.25, 0.3) is 11.0 Å². The maximum Gasteiger partial charge on any atom is 0.326 e. The minimum atomic E-state index is -1.08. The Labute approximate surface area is 129 Å². The van der Waals surface area contributed by atoms with Gasteiger partial charge in [-0.3, -0.25) is 0 Å². The number of urea groups is 1. The van der Waals surface area contributed by atoms with Crippen LogP contribution in [0, 0.1) is 0 Å². The number of rotatable bonds is 5. The van der Waals surface area contributed by atoms with Crippen LogP contribution >= 0.6 is 23.3 Å². The molecule has 1 aromatic carbocycles. The molecule has 0 fully saturated rings. The lowest BCUT2D eigenvalue weighted by atomic mass is 10.2. The topological polar surface area (TPSA) is 104 Å². The number of hydrogen-bond donors (Lipinski definition) is 3. The Morgan fingerprint density at radius 2 is 2.19 bits per heavy atom. The lowest BCUT2D eigenvalue weighted by Crippen LogP contribution is -2.42. The number of aliphatic carboxylic acids is 1. The van der Waals surface area contributed by atoms with E-state index in [1.807, 2.05) is 6.92 Å². The van der Waals surface area contributed by atoms with Crippen molar-refractivity contribution in [2.45, 2.75) is 25.8 Å². The second-order valence-electron chi connectivity index (χ2n) is 4.33. The molecule has 2 rings (SSSR count). The Kier molecular flexibility index (Phi) is 4.92. The quantitative estimate of drug-likeness (QED) is 0.782. The number of nitrogens with one attached hydrogen (secondary N) is 2. The number of benzene rings is 1. The summed E-state index contributed by atoms with van der Waals surface area (Å²) < 4.78 is 8.12. The molecule has 9 heteroatoms. The van der Waals surface area contributed by atoms with Crippen LogP contribution in [0.1, 0.15) is 19.8 Å². The second-order valence-corrected chi connectivity index (χ2v) is 5.27. The SMILES string of the molecule is CCCC(NC(=O)Nc1c(Cl)ccc2nsnc12)C(=O)O. The number of halogens is 1. The lowest BCUT2D eigenvalue weighted by molar-refractivity contribution is -0.139. The zero-order valence-corrected chi connectivity index (χ0v) is 12.7. The van der Waals surface area contributed by atoms with Gasteiger partial charge in [-0.15, -0.1) is 0 Å². The highest BCUT2D eigenvalue weighted by Crippen LogP contribution is 2.29. The van der Waals surface area contributed by atoms with Crippen molar-refractivity contribution >= 4 is 52.1 Å². The van der Waals surface area contributed by atoms with Crippen LogP contribution < -0.4 is 10.6 Å².